The highest BCUT2D eigenvalue weighted by Gasteiger charge is 2.05. The van der Waals surface area contributed by atoms with Crippen LogP contribution in [0, 0.1) is 0 Å². The van der Waals surface area contributed by atoms with Gasteiger partial charge < -0.3 is 0 Å². The van der Waals surface area contributed by atoms with Gasteiger partial charge in [0.05, 0.1) is 0 Å². The first-order chi connectivity index (χ1) is 6.90. The first-order valence-corrected chi connectivity index (χ1v) is 5.31. The largest absolute Gasteiger partial charge is 0.237 e. The van der Waals surface area contributed by atoms with Crippen molar-refractivity contribution in [3.8, 4) is 0 Å². The SMILES string of the molecule is CCc1cccc(C2=CC[N]CC2)c1. The summed E-state index contributed by atoms with van der Waals surface area (Å²) in [6, 6.07) is 8.85. The van der Waals surface area contributed by atoms with Crippen LogP contribution in [0.2, 0.25) is 0 Å². The van der Waals surface area contributed by atoms with Crippen molar-refractivity contribution in [2.24, 2.45) is 0 Å². The van der Waals surface area contributed by atoms with Crippen LogP contribution < -0.4 is 5.32 Å². The molecule has 1 nitrogen and oxygen atoms in total. The van der Waals surface area contributed by atoms with Crippen molar-refractivity contribution in [1.29, 1.82) is 0 Å². The standard InChI is InChI=1S/C13H16N/c1-2-11-4-3-5-13(10-11)12-6-8-14-9-7-12/h3-6,10H,2,7-9H2,1H3. The molecular formula is C13H16N. The fourth-order valence-electron chi connectivity index (χ4n) is 1.82. The quantitative estimate of drug-likeness (QED) is 0.674. The molecule has 1 heterocycles. The highest BCUT2D eigenvalue weighted by molar-refractivity contribution is 5.67. The Kier molecular flexibility index (Phi) is 3.00. The fourth-order valence-corrected chi connectivity index (χ4v) is 1.82. The molecule has 2 rings (SSSR count). The first kappa shape index (κ1) is 9.47. The molecule has 1 aliphatic heterocycles. The fraction of sp³-hybridized carbons (Fsp3) is 0.385. The third-order valence-electron chi connectivity index (χ3n) is 2.71. The molecule has 0 unspecified atom stereocenters. The van der Waals surface area contributed by atoms with E-state index < -0.39 is 0 Å². The van der Waals surface area contributed by atoms with Crippen LogP contribution in [-0.2, 0) is 6.42 Å². The van der Waals surface area contributed by atoms with Crippen LogP contribution in [0.3, 0.4) is 0 Å². The van der Waals surface area contributed by atoms with E-state index in [1.807, 2.05) is 0 Å². The van der Waals surface area contributed by atoms with E-state index in [1.165, 1.54) is 16.7 Å². The van der Waals surface area contributed by atoms with E-state index in [9.17, 15) is 0 Å². The summed E-state index contributed by atoms with van der Waals surface area (Å²) < 4.78 is 0. The van der Waals surface area contributed by atoms with Crippen molar-refractivity contribution in [3.63, 3.8) is 0 Å². The highest BCUT2D eigenvalue weighted by atomic mass is 14.8. The molecule has 0 N–H and O–H groups in total. The Bertz CT molecular complexity index is 339. The lowest BCUT2D eigenvalue weighted by atomic mass is 9.98. The van der Waals surface area contributed by atoms with Crippen molar-refractivity contribution < 1.29 is 0 Å². The monoisotopic (exact) mass is 186 g/mol. The molecule has 0 amide bonds. The van der Waals surface area contributed by atoms with E-state index in [-0.39, 0.29) is 0 Å². The molecule has 1 aromatic rings. The maximum absolute atomic E-state index is 4.32. The maximum Gasteiger partial charge on any atom is 0.0320 e. The molecule has 0 saturated carbocycles. The van der Waals surface area contributed by atoms with E-state index in [4.69, 9.17) is 0 Å². The Morgan fingerprint density at radius 3 is 3.00 bits per heavy atom. The third-order valence-corrected chi connectivity index (χ3v) is 2.71. The zero-order valence-electron chi connectivity index (χ0n) is 8.66. The normalized spacial score (nSPS) is 16.5. The summed E-state index contributed by atoms with van der Waals surface area (Å²) in [6.07, 6.45) is 4.47. The molecule has 0 bridgehead atoms. The maximum atomic E-state index is 4.32. The zero-order chi connectivity index (χ0) is 9.80. The van der Waals surface area contributed by atoms with Crippen LogP contribution in [0.1, 0.15) is 24.5 Å². The number of nitrogens with zero attached hydrogens (tertiary/aromatic N) is 1. The van der Waals surface area contributed by atoms with E-state index in [2.05, 4.69) is 42.6 Å². The predicted molar refractivity (Wildman–Crippen MR) is 60.3 cm³/mol. The van der Waals surface area contributed by atoms with Gasteiger partial charge in [-0.3, -0.25) is 0 Å². The van der Waals surface area contributed by atoms with E-state index in [0.29, 0.717) is 0 Å². The van der Waals surface area contributed by atoms with Crippen molar-refractivity contribution in [2.45, 2.75) is 19.8 Å². The summed E-state index contributed by atoms with van der Waals surface area (Å²) in [5.74, 6) is 0. The van der Waals surface area contributed by atoms with Crippen LogP contribution in [-0.4, -0.2) is 13.1 Å². The highest BCUT2D eigenvalue weighted by Crippen LogP contribution is 2.20. The van der Waals surface area contributed by atoms with E-state index in [0.717, 1.165) is 25.9 Å². The molecule has 1 aliphatic rings. The Balaban J connectivity index is 2.26. The summed E-state index contributed by atoms with van der Waals surface area (Å²) >= 11 is 0. The number of hydrogen-bond donors (Lipinski definition) is 0. The van der Waals surface area contributed by atoms with Crippen LogP contribution in [0.5, 0.6) is 0 Å². The lowest BCUT2D eigenvalue weighted by molar-refractivity contribution is 0.723. The molecule has 1 aromatic carbocycles. The second-order valence-corrected chi connectivity index (χ2v) is 3.66. The average molecular weight is 186 g/mol. The molecule has 0 spiro atoms. The Labute approximate surface area is 85.8 Å². The summed E-state index contributed by atoms with van der Waals surface area (Å²) in [6.45, 7) is 4.08. The third kappa shape index (κ3) is 2.05. The minimum atomic E-state index is 0.895. The van der Waals surface area contributed by atoms with Gasteiger partial charge in [-0.25, -0.2) is 5.32 Å². The summed E-state index contributed by atoms with van der Waals surface area (Å²) in [5, 5.41) is 4.32. The van der Waals surface area contributed by atoms with Gasteiger partial charge in [0.1, 0.15) is 0 Å². The van der Waals surface area contributed by atoms with Gasteiger partial charge in [-0.2, -0.15) is 0 Å². The van der Waals surface area contributed by atoms with Gasteiger partial charge in [0.25, 0.3) is 0 Å². The Hall–Kier alpha value is -1.08. The summed E-state index contributed by atoms with van der Waals surface area (Å²) in [7, 11) is 0. The molecule has 73 valence electrons. The molecule has 0 atom stereocenters. The van der Waals surface area contributed by atoms with Crippen molar-refractivity contribution in [1.82, 2.24) is 5.32 Å². The minimum Gasteiger partial charge on any atom is -0.237 e. The molecular weight excluding hydrogens is 170 g/mol. The van der Waals surface area contributed by atoms with E-state index >= 15 is 0 Å². The van der Waals surface area contributed by atoms with Crippen molar-refractivity contribution >= 4 is 5.57 Å². The number of hydrogen-bond acceptors (Lipinski definition) is 0. The second kappa shape index (κ2) is 4.43. The van der Waals surface area contributed by atoms with Gasteiger partial charge in [-0.15, -0.1) is 0 Å². The lowest BCUT2D eigenvalue weighted by Crippen LogP contribution is -2.12. The zero-order valence-corrected chi connectivity index (χ0v) is 8.66. The van der Waals surface area contributed by atoms with Gasteiger partial charge in [0.15, 0.2) is 0 Å². The summed E-state index contributed by atoms with van der Waals surface area (Å²) in [5.41, 5.74) is 4.28. The average Bonchev–Trinajstić information content (AvgIpc) is 2.30. The van der Waals surface area contributed by atoms with E-state index in [1.54, 1.807) is 0 Å². The van der Waals surface area contributed by atoms with Gasteiger partial charge in [0, 0.05) is 13.1 Å². The second-order valence-electron chi connectivity index (χ2n) is 3.66. The van der Waals surface area contributed by atoms with Gasteiger partial charge in [-0.1, -0.05) is 37.3 Å². The predicted octanol–water partition coefficient (Wildman–Crippen LogP) is 2.64. The molecule has 0 aliphatic carbocycles. The smallest absolute Gasteiger partial charge is 0.0320 e. The molecule has 1 heteroatoms. The van der Waals surface area contributed by atoms with Crippen LogP contribution >= 0.6 is 0 Å². The number of rotatable bonds is 2. The van der Waals surface area contributed by atoms with Crippen LogP contribution in [0.25, 0.3) is 5.57 Å². The van der Waals surface area contributed by atoms with Crippen LogP contribution in [0.15, 0.2) is 30.3 Å². The van der Waals surface area contributed by atoms with Gasteiger partial charge in [0.2, 0.25) is 0 Å². The molecule has 0 fully saturated rings. The lowest BCUT2D eigenvalue weighted by Gasteiger charge is -2.13. The Morgan fingerprint density at radius 2 is 2.29 bits per heavy atom. The molecule has 0 aromatic heterocycles. The van der Waals surface area contributed by atoms with Gasteiger partial charge >= 0.3 is 0 Å². The van der Waals surface area contributed by atoms with Crippen molar-refractivity contribution in [3.05, 3.63) is 41.5 Å². The molecule has 0 saturated heterocycles. The Morgan fingerprint density at radius 1 is 1.36 bits per heavy atom. The number of aryl methyl sites for hydroxylation is 1. The van der Waals surface area contributed by atoms with Crippen molar-refractivity contribution in [2.75, 3.05) is 13.1 Å². The summed E-state index contributed by atoms with van der Waals surface area (Å²) in [4.78, 5) is 0. The first-order valence-electron chi connectivity index (χ1n) is 5.31. The van der Waals surface area contributed by atoms with Gasteiger partial charge in [-0.05, 0) is 29.5 Å². The topological polar surface area (TPSA) is 14.1 Å². The van der Waals surface area contributed by atoms with Crippen LogP contribution in [0.4, 0.5) is 0 Å². The molecule has 14 heavy (non-hydrogen) atoms. The number of benzene rings is 1. The molecule has 1 radical (unpaired) electrons. The minimum absolute atomic E-state index is 0.895.